The number of aromatic nitrogens is 6. The van der Waals surface area contributed by atoms with Crippen molar-refractivity contribution in [3.63, 3.8) is 0 Å². The monoisotopic (exact) mass is 1500 g/mol. The number of primary amides is 2. The van der Waals surface area contributed by atoms with Gasteiger partial charge in [-0.05, 0) is 120 Å². The molecular weight excluding hydrogens is 1420 g/mol. The quantitative estimate of drug-likeness (QED) is 0.0247. The molecule has 33 heteroatoms. The van der Waals surface area contributed by atoms with Crippen LogP contribution in [0.25, 0.3) is 21.9 Å². The number of nitrogens with two attached hydrogens (primary N) is 2. The van der Waals surface area contributed by atoms with Crippen LogP contribution in [0.3, 0.4) is 0 Å². The summed E-state index contributed by atoms with van der Waals surface area (Å²) in [5.74, 6) is -2.40. The van der Waals surface area contributed by atoms with E-state index in [9.17, 15) is 77.3 Å². The molecule has 0 saturated heterocycles. The number of nitrogens with zero attached hydrogens (tertiary/aromatic N) is 6. The van der Waals surface area contributed by atoms with E-state index in [-0.39, 0.29) is 44.4 Å². The number of ketones is 2. The van der Waals surface area contributed by atoms with Crippen LogP contribution in [0.2, 0.25) is 0 Å². The maximum absolute atomic E-state index is 13.1. The first-order valence-corrected chi connectivity index (χ1v) is 35.5. The zero-order chi connectivity index (χ0) is 78.3. The van der Waals surface area contributed by atoms with Gasteiger partial charge in [-0.25, -0.2) is 0 Å². The largest absolute Gasteiger partial charge is 0.481 e. The molecule has 32 nitrogen and oxygen atoms in total. The molecule has 6 aromatic rings. The van der Waals surface area contributed by atoms with E-state index < -0.39 is 170 Å². The van der Waals surface area contributed by atoms with Crippen LogP contribution in [-0.4, -0.2) is 170 Å². The van der Waals surface area contributed by atoms with E-state index in [4.69, 9.17) is 21.7 Å². The zero-order valence-corrected chi connectivity index (χ0v) is 60.1. The molecule has 7 atom stereocenters. The van der Waals surface area contributed by atoms with Gasteiger partial charge in [0, 0.05) is 109 Å². The number of Topliss-reactive ketones (excluding diaryl/α,β-unsaturated/α-hetero) is 2. The maximum atomic E-state index is 13.1. The number of benzene rings is 4. The molecule has 566 valence electrons. The van der Waals surface area contributed by atoms with Crippen molar-refractivity contribution < 1.29 is 87.5 Å². The van der Waals surface area contributed by atoms with Crippen molar-refractivity contribution in [3.8, 4) is 23.7 Å². The molecule has 8 rings (SSSR count). The maximum Gasteiger partial charge on any atom is 0.305 e. The molecule has 1 aliphatic heterocycles. The molecular formula is C75H82N14O18S. The molecule has 0 bridgehead atoms. The number of carbonyl (C=O) groups is 14. The second-order valence-corrected chi connectivity index (χ2v) is 27.3. The van der Waals surface area contributed by atoms with E-state index in [2.05, 4.69) is 138 Å². The first-order valence-electron chi connectivity index (χ1n) is 34.7. The molecule has 8 amide bonds. The summed E-state index contributed by atoms with van der Waals surface area (Å²) >= 11 is 1.66. The van der Waals surface area contributed by atoms with Crippen molar-refractivity contribution in [2.75, 3.05) is 13.1 Å². The smallest absolute Gasteiger partial charge is 0.305 e. The summed E-state index contributed by atoms with van der Waals surface area (Å²) in [5.41, 5.74) is 19.6. The Morgan fingerprint density at radius 1 is 0.556 bits per heavy atom. The van der Waals surface area contributed by atoms with Gasteiger partial charge >= 0.3 is 23.9 Å². The average Bonchev–Trinajstić information content (AvgIpc) is 1.45. The Labute approximate surface area is 623 Å². The van der Waals surface area contributed by atoms with E-state index in [1.807, 2.05) is 18.2 Å². The minimum absolute atomic E-state index is 0.0693. The van der Waals surface area contributed by atoms with Gasteiger partial charge in [0.1, 0.15) is 24.2 Å². The fraction of sp³-hybridized carbons (Fsp3) is 0.387. The Hall–Kier alpha value is -12.4. The Bertz CT molecular complexity index is 4440. The Morgan fingerprint density at radius 2 is 1.01 bits per heavy atom. The van der Waals surface area contributed by atoms with Crippen LogP contribution < -0.4 is 43.4 Å². The summed E-state index contributed by atoms with van der Waals surface area (Å²) in [7, 11) is 0. The van der Waals surface area contributed by atoms with Crippen molar-refractivity contribution >= 4 is 116 Å². The number of hydrogen-bond acceptors (Lipinski definition) is 19. The number of nitrogens with one attached hydrogen (secondary N) is 6. The van der Waals surface area contributed by atoms with Crippen LogP contribution in [0.5, 0.6) is 0 Å². The normalized spacial score (nSPS) is 14.8. The number of aryl methyl sites for hydroxylation is 4. The number of amides is 8. The third kappa shape index (κ3) is 23.8. The molecule has 0 fully saturated rings. The predicted molar refractivity (Wildman–Crippen MR) is 387 cm³/mol. The third-order valence-electron chi connectivity index (χ3n) is 17.7. The number of fused-ring (bicyclic) bond motifs is 5. The molecule has 3 heterocycles. The molecule has 0 spiro atoms. The van der Waals surface area contributed by atoms with Crippen molar-refractivity contribution in [2.45, 2.75) is 164 Å². The standard InChI is InChI=1S/C75H82N14O18S/c1-41-30-47-17-16-46-12-4-5-13-54(46)68(47)67(41)69-55-31-44(10-6-8-28-88-39-50(84-86-88)20-24-61(92)82-57(35-65(98)99)74(106)78-37-52(90)33-48(18-26-63(94)95)72(104)80-42(2)70(76)102)14-22-59(55)108-60-23-15-45(32-56(60)69)11-7-9-29-89-40-51(85-87-89)21-25-62(93)83-58(36-66(100)101)75(107)79-38-53(91)34-49(19-27-64(96)97)73(105)81-43(3)71(77)103/h4-5,12-17,22-23,31-32,39-43,48-49,57-58H,8-9,18-21,24-30,33-38H2,1-3H3,(H2,76,102)(H2,77,103)(H,78,106)(H,79,107)(H,80,104)(H,81,105)(H,82,92)(H,83,93)(H,94,95)(H,96,97)(H,98,99)(H,100,101)/b69-67-/t41-,42+,43+,48?,49-,57+,58+/m1/s1. The topological polar surface area (TPSA) is 506 Å². The number of rotatable bonds is 38. The van der Waals surface area contributed by atoms with Crippen LogP contribution in [0.15, 0.2) is 95.0 Å². The highest BCUT2D eigenvalue weighted by Crippen LogP contribution is 2.53. The first-order chi connectivity index (χ1) is 51.5. The lowest BCUT2D eigenvalue weighted by Crippen LogP contribution is -2.49. The van der Waals surface area contributed by atoms with Gasteiger partial charge in [-0.2, -0.15) is 0 Å². The summed E-state index contributed by atoms with van der Waals surface area (Å²) in [4.78, 5) is 175. The summed E-state index contributed by atoms with van der Waals surface area (Å²) in [5, 5.41) is 70.3. The number of allylic oxidation sites excluding steroid dienone is 1. The lowest BCUT2D eigenvalue weighted by Gasteiger charge is -2.26. The molecule has 2 aromatic heterocycles. The molecule has 14 N–H and O–H groups in total. The fourth-order valence-corrected chi connectivity index (χ4v) is 13.2. The molecule has 1 aliphatic carbocycles. The summed E-state index contributed by atoms with van der Waals surface area (Å²) < 4.78 is 3.15. The molecule has 0 saturated carbocycles. The van der Waals surface area contributed by atoms with E-state index in [1.165, 1.54) is 30.5 Å². The molecule has 108 heavy (non-hydrogen) atoms. The number of carboxylic acid groups (broad SMARTS) is 4. The number of aliphatic carboxylic acids is 4. The van der Waals surface area contributed by atoms with Crippen LogP contribution in [0.1, 0.15) is 143 Å². The van der Waals surface area contributed by atoms with Gasteiger partial charge in [0.15, 0.2) is 11.6 Å². The van der Waals surface area contributed by atoms with E-state index in [0.29, 0.717) is 37.3 Å². The van der Waals surface area contributed by atoms with Crippen molar-refractivity contribution in [3.05, 3.63) is 130 Å². The van der Waals surface area contributed by atoms with Crippen LogP contribution >= 0.6 is 11.8 Å². The summed E-state index contributed by atoms with van der Waals surface area (Å²) in [6, 6.07) is 19.7. The van der Waals surface area contributed by atoms with Crippen LogP contribution in [0, 0.1) is 41.4 Å². The Balaban J connectivity index is 0.873. The first kappa shape index (κ1) is 81.3. The van der Waals surface area contributed by atoms with E-state index >= 15 is 0 Å². The molecule has 0 radical (unpaired) electrons. The summed E-state index contributed by atoms with van der Waals surface area (Å²) in [6.45, 7) is 4.20. The molecule has 2 aliphatic rings. The summed E-state index contributed by atoms with van der Waals surface area (Å²) in [6.07, 6.45) is 0.407. The van der Waals surface area contributed by atoms with Gasteiger partial charge in [0.2, 0.25) is 47.3 Å². The number of carboxylic acids is 4. The van der Waals surface area contributed by atoms with Gasteiger partial charge in [-0.1, -0.05) is 89.2 Å². The molecule has 1 unspecified atom stereocenters. The van der Waals surface area contributed by atoms with Crippen LogP contribution in [0.4, 0.5) is 0 Å². The fourth-order valence-electron chi connectivity index (χ4n) is 12.1. The van der Waals surface area contributed by atoms with E-state index in [0.717, 1.165) is 54.8 Å². The van der Waals surface area contributed by atoms with Gasteiger partial charge in [0.25, 0.3) is 0 Å². The highest BCUT2D eigenvalue weighted by Gasteiger charge is 2.35. The third-order valence-corrected chi connectivity index (χ3v) is 18.9. The SMILES string of the molecule is C[C@H](NC(=O)C(CCC(=O)O)CC(=O)CNC(=O)[C@H](CC(=O)O)NC(=O)CCc1cn(CCC#Cc2ccc3c(c2)/C(=C2/c4c(ccc5ccccc45)C[C@H]2C)c2cc(C#CCCn4cc(CCC(=O)N[C@@H](CC(=O)O)C(=O)NCC(=O)C[C@@H](CCC(=O)O)C(=O)N[C@@H](C)C(N)=O)nn4)ccc2S3)nn1)C(N)=O. The molecule has 4 aromatic carbocycles. The second-order valence-electron chi connectivity index (χ2n) is 26.2. The van der Waals surface area contributed by atoms with Crippen molar-refractivity contribution in [1.82, 2.24) is 61.9 Å². The minimum Gasteiger partial charge on any atom is -0.481 e. The highest BCUT2D eigenvalue weighted by molar-refractivity contribution is 7.99. The number of hydrogen-bond donors (Lipinski definition) is 12. The van der Waals surface area contributed by atoms with Crippen molar-refractivity contribution in [2.24, 2.45) is 29.2 Å². The van der Waals surface area contributed by atoms with Crippen molar-refractivity contribution in [1.29, 1.82) is 0 Å². The minimum atomic E-state index is -1.59. The van der Waals surface area contributed by atoms with Gasteiger partial charge < -0.3 is 63.8 Å². The number of carbonyl (C=O) groups excluding carboxylic acids is 10. The Morgan fingerprint density at radius 3 is 1.44 bits per heavy atom. The average molecular weight is 1500 g/mol. The van der Waals surface area contributed by atoms with E-state index in [1.54, 1.807) is 33.5 Å². The van der Waals surface area contributed by atoms with Gasteiger partial charge in [0.05, 0.1) is 50.4 Å². The highest BCUT2D eigenvalue weighted by atomic mass is 32.2. The van der Waals surface area contributed by atoms with Gasteiger partial charge in [-0.15, -0.1) is 10.2 Å². The Kier molecular flexibility index (Phi) is 29.0. The zero-order valence-electron chi connectivity index (χ0n) is 59.3. The lowest BCUT2D eigenvalue weighted by atomic mass is 9.84. The van der Waals surface area contributed by atoms with Crippen LogP contribution in [-0.2, 0) is 99.5 Å². The van der Waals surface area contributed by atoms with Gasteiger partial charge in [-0.3, -0.25) is 76.5 Å². The second kappa shape index (κ2) is 38.6. The lowest BCUT2D eigenvalue weighted by molar-refractivity contribution is -0.141. The predicted octanol–water partition coefficient (Wildman–Crippen LogP) is 2.40.